The molecular formula is C23H28FN5O2. The number of nitrogens with zero attached hydrogens (tertiary/aromatic N) is 4. The fraction of sp³-hybridized carbons (Fsp3) is 0.435. The van der Waals surface area contributed by atoms with Gasteiger partial charge in [0.05, 0.1) is 17.9 Å². The van der Waals surface area contributed by atoms with Crippen LogP contribution in [-0.2, 0) is 9.59 Å². The van der Waals surface area contributed by atoms with Crippen molar-refractivity contribution in [3.8, 4) is 5.69 Å². The van der Waals surface area contributed by atoms with Crippen LogP contribution < -0.4 is 5.32 Å². The number of aryl methyl sites for hydroxylation is 1. The zero-order valence-corrected chi connectivity index (χ0v) is 18.0. The Balaban J connectivity index is 1.34. The lowest BCUT2D eigenvalue weighted by Gasteiger charge is -2.33. The van der Waals surface area contributed by atoms with Crippen molar-refractivity contribution in [3.05, 3.63) is 53.1 Å². The Bertz CT molecular complexity index is 986. The van der Waals surface area contributed by atoms with E-state index in [1.165, 1.54) is 12.1 Å². The molecule has 1 saturated heterocycles. The summed E-state index contributed by atoms with van der Waals surface area (Å²) < 4.78 is 15.0. The van der Waals surface area contributed by atoms with E-state index in [-0.39, 0.29) is 17.6 Å². The molecule has 7 nitrogen and oxygen atoms in total. The molecule has 0 atom stereocenters. The zero-order valence-electron chi connectivity index (χ0n) is 18.0. The van der Waals surface area contributed by atoms with Crippen LogP contribution in [0.25, 0.3) is 11.8 Å². The van der Waals surface area contributed by atoms with Crippen LogP contribution in [0.1, 0.15) is 29.8 Å². The first-order chi connectivity index (χ1) is 14.9. The zero-order chi connectivity index (χ0) is 22.0. The molecule has 1 aromatic heterocycles. The fourth-order valence-electron chi connectivity index (χ4n) is 3.82. The summed E-state index contributed by atoms with van der Waals surface area (Å²) in [5, 5.41) is 7.54. The van der Waals surface area contributed by atoms with E-state index < -0.39 is 0 Å². The number of nitrogens with one attached hydrogen (secondary N) is 1. The SMILES string of the molecule is Cc1nn(-c2ccc(F)cc2)c(C)c1C=CC(=O)N1CCN(CC(=O)NC2CC2)CC1. The van der Waals surface area contributed by atoms with Crippen molar-refractivity contribution in [3.63, 3.8) is 0 Å². The van der Waals surface area contributed by atoms with Gasteiger partial charge in [0.25, 0.3) is 0 Å². The first-order valence-corrected chi connectivity index (χ1v) is 10.7. The highest BCUT2D eigenvalue weighted by Crippen LogP contribution is 2.20. The third kappa shape index (κ3) is 5.19. The van der Waals surface area contributed by atoms with Crippen molar-refractivity contribution in [2.24, 2.45) is 0 Å². The van der Waals surface area contributed by atoms with Crippen LogP contribution in [0.3, 0.4) is 0 Å². The number of amides is 2. The van der Waals surface area contributed by atoms with Crippen LogP contribution in [0.2, 0.25) is 0 Å². The summed E-state index contributed by atoms with van der Waals surface area (Å²) in [4.78, 5) is 28.5. The molecule has 31 heavy (non-hydrogen) atoms. The Morgan fingerprint density at radius 3 is 2.45 bits per heavy atom. The number of carbonyl (C=O) groups excluding carboxylic acids is 2. The number of halogens is 1. The van der Waals surface area contributed by atoms with Gasteiger partial charge in [-0.15, -0.1) is 0 Å². The Morgan fingerprint density at radius 2 is 1.81 bits per heavy atom. The number of hydrogen-bond acceptors (Lipinski definition) is 4. The van der Waals surface area contributed by atoms with Gasteiger partial charge in [-0.2, -0.15) is 5.10 Å². The van der Waals surface area contributed by atoms with E-state index in [0.29, 0.717) is 38.8 Å². The number of piperazine rings is 1. The molecule has 2 heterocycles. The van der Waals surface area contributed by atoms with Crippen LogP contribution in [0.5, 0.6) is 0 Å². The quantitative estimate of drug-likeness (QED) is 0.720. The monoisotopic (exact) mass is 425 g/mol. The van der Waals surface area contributed by atoms with Gasteiger partial charge in [0.15, 0.2) is 0 Å². The second-order valence-electron chi connectivity index (χ2n) is 8.25. The number of rotatable bonds is 6. The van der Waals surface area contributed by atoms with Gasteiger partial charge in [-0.05, 0) is 57.0 Å². The molecule has 1 aromatic carbocycles. The van der Waals surface area contributed by atoms with E-state index in [1.807, 2.05) is 13.8 Å². The summed E-state index contributed by atoms with van der Waals surface area (Å²) >= 11 is 0. The summed E-state index contributed by atoms with van der Waals surface area (Å²) in [6.45, 7) is 6.81. The second kappa shape index (κ2) is 9.01. The molecule has 0 bridgehead atoms. The minimum atomic E-state index is -0.292. The number of aromatic nitrogens is 2. The Morgan fingerprint density at radius 1 is 1.13 bits per heavy atom. The molecule has 164 valence electrons. The van der Waals surface area contributed by atoms with Gasteiger partial charge < -0.3 is 10.2 Å². The molecular weight excluding hydrogens is 397 g/mol. The van der Waals surface area contributed by atoms with Gasteiger partial charge in [0.2, 0.25) is 11.8 Å². The molecule has 4 rings (SSSR count). The molecule has 2 aliphatic rings. The summed E-state index contributed by atoms with van der Waals surface area (Å²) in [6, 6.07) is 6.54. The molecule has 1 N–H and O–H groups in total. The van der Waals surface area contributed by atoms with E-state index in [2.05, 4.69) is 15.3 Å². The lowest BCUT2D eigenvalue weighted by atomic mass is 10.1. The highest BCUT2D eigenvalue weighted by atomic mass is 19.1. The van der Waals surface area contributed by atoms with Crippen LogP contribution in [-0.4, -0.2) is 70.2 Å². The summed E-state index contributed by atoms with van der Waals surface area (Å²) in [5.41, 5.74) is 3.35. The van der Waals surface area contributed by atoms with E-state index in [4.69, 9.17) is 0 Å². The van der Waals surface area contributed by atoms with Crippen LogP contribution >= 0.6 is 0 Å². The van der Waals surface area contributed by atoms with E-state index in [9.17, 15) is 14.0 Å². The molecule has 2 amide bonds. The first-order valence-electron chi connectivity index (χ1n) is 10.7. The van der Waals surface area contributed by atoms with E-state index >= 15 is 0 Å². The molecule has 8 heteroatoms. The van der Waals surface area contributed by atoms with Gasteiger partial charge in [-0.3, -0.25) is 14.5 Å². The standard InChI is InChI=1S/C23H28FN5O2/c1-16-21(17(2)29(26-16)20-7-3-18(24)4-8-20)9-10-23(31)28-13-11-27(12-14-28)15-22(30)25-19-5-6-19/h3-4,7-10,19H,5-6,11-15H2,1-2H3,(H,25,30). The lowest BCUT2D eigenvalue weighted by Crippen LogP contribution is -2.51. The number of hydrogen-bond donors (Lipinski definition) is 1. The highest BCUT2D eigenvalue weighted by molar-refractivity contribution is 5.92. The molecule has 1 saturated carbocycles. The summed E-state index contributed by atoms with van der Waals surface area (Å²) in [6.07, 6.45) is 5.56. The lowest BCUT2D eigenvalue weighted by molar-refractivity contribution is -0.128. The molecule has 0 spiro atoms. The predicted octanol–water partition coefficient (Wildman–Crippen LogP) is 2.06. The molecule has 0 radical (unpaired) electrons. The number of benzene rings is 1. The number of carbonyl (C=O) groups is 2. The van der Waals surface area contributed by atoms with Crippen LogP contribution in [0.4, 0.5) is 4.39 Å². The highest BCUT2D eigenvalue weighted by Gasteiger charge is 2.26. The molecule has 2 fully saturated rings. The topological polar surface area (TPSA) is 70.5 Å². The van der Waals surface area contributed by atoms with Gasteiger partial charge in [0.1, 0.15) is 5.82 Å². The Kier molecular flexibility index (Phi) is 6.18. The Labute approximate surface area is 181 Å². The van der Waals surface area contributed by atoms with Crippen molar-refractivity contribution < 1.29 is 14.0 Å². The maximum Gasteiger partial charge on any atom is 0.246 e. The normalized spacial score (nSPS) is 17.3. The van der Waals surface area contributed by atoms with Crippen molar-refractivity contribution in [1.29, 1.82) is 0 Å². The molecule has 2 aromatic rings. The van der Waals surface area contributed by atoms with Gasteiger partial charge in [0, 0.05) is 49.6 Å². The van der Waals surface area contributed by atoms with E-state index in [0.717, 1.165) is 35.5 Å². The van der Waals surface area contributed by atoms with Crippen molar-refractivity contribution in [2.45, 2.75) is 32.7 Å². The van der Waals surface area contributed by atoms with Crippen molar-refractivity contribution >= 4 is 17.9 Å². The molecule has 0 unspecified atom stereocenters. The summed E-state index contributed by atoms with van der Waals surface area (Å²) in [5.74, 6) is -0.263. The molecule has 1 aliphatic carbocycles. The first kappa shape index (κ1) is 21.2. The third-order valence-corrected chi connectivity index (χ3v) is 5.80. The van der Waals surface area contributed by atoms with Crippen LogP contribution in [0.15, 0.2) is 30.3 Å². The van der Waals surface area contributed by atoms with Gasteiger partial charge >= 0.3 is 0 Å². The maximum absolute atomic E-state index is 13.2. The third-order valence-electron chi connectivity index (χ3n) is 5.80. The average Bonchev–Trinajstić information content (AvgIpc) is 3.51. The minimum Gasteiger partial charge on any atom is -0.352 e. The second-order valence-corrected chi connectivity index (χ2v) is 8.25. The maximum atomic E-state index is 13.2. The van der Waals surface area contributed by atoms with Gasteiger partial charge in [-0.1, -0.05) is 0 Å². The summed E-state index contributed by atoms with van der Waals surface area (Å²) in [7, 11) is 0. The fourth-order valence-corrected chi connectivity index (χ4v) is 3.82. The van der Waals surface area contributed by atoms with E-state index in [1.54, 1.807) is 33.9 Å². The van der Waals surface area contributed by atoms with Crippen molar-refractivity contribution in [1.82, 2.24) is 24.9 Å². The van der Waals surface area contributed by atoms with Crippen molar-refractivity contribution in [2.75, 3.05) is 32.7 Å². The Hall–Kier alpha value is -3.00. The smallest absolute Gasteiger partial charge is 0.246 e. The minimum absolute atomic E-state index is 0.0459. The average molecular weight is 426 g/mol. The predicted molar refractivity (Wildman–Crippen MR) is 116 cm³/mol. The van der Waals surface area contributed by atoms with Crippen LogP contribution in [0, 0.1) is 19.7 Å². The largest absolute Gasteiger partial charge is 0.352 e. The molecule has 1 aliphatic heterocycles. The van der Waals surface area contributed by atoms with Gasteiger partial charge in [-0.25, -0.2) is 9.07 Å².